The van der Waals surface area contributed by atoms with Crippen LogP contribution >= 0.6 is 0 Å². The second-order valence-corrected chi connectivity index (χ2v) is 7.47. The first-order chi connectivity index (χ1) is 9.41. The number of anilines is 1. The van der Waals surface area contributed by atoms with Gasteiger partial charge in [0.15, 0.2) is 9.84 Å². The summed E-state index contributed by atoms with van der Waals surface area (Å²) >= 11 is 0. The van der Waals surface area contributed by atoms with Crippen molar-refractivity contribution in [3.8, 4) is 0 Å². The van der Waals surface area contributed by atoms with Crippen LogP contribution in [0.4, 0.5) is 5.69 Å². The van der Waals surface area contributed by atoms with Crippen molar-refractivity contribution in [3.63, 3.8) is 0 Å². The second-order valence-electron chi connectivity index (χ2n) is 5.21. The predicted molar refractivity (Wildman–Crippen MR) is 79.7 cm³/mol. The van der Waals surface area contributed by atoms with Crippen molar-refractivity contribution in [2.45, 2.75) is 30.6 Å². The van der Waals surface area contributed by atoms with Crippen molar-refractivity contribution >= 4 is 21.4 Å². The molecule has 1 fully saturated rings. The highest BCUT2D eigenvalue weighted by Crippen LogP contribution is 2.28. The van der Waals surface area contributed by atoms with Crippen LogP contribution in [0.3, 0.4) is 0 Å². The van der Waals surface area contributed by atoms with Gasteiger partial charge in [-0.2, -0.15) is 0 Å². The van der Waals surface area contributed by atoms with Gasteiger partial charge in [-0.05, 0) is 43.5 Å². The maximum Gasteiger partial charge on any atom is 0.251 e. The van der Waals surface area contributed by atoms with Crippen molar-refractivity contribution in [1.82, 2.24) is 5.32 Å². The van der Waals surface area contributed by atoms with Crippen molar-refractivity contribution in [3.05, 3.63) is 29.8 Å². The summed E-state index contributed by atoms with van der Waals surface area (Å²) in [6.07, 6.45) is 3.79. The molecule has 110 valence electrons. The lowest BCUT2D eigenvalue weighted by Crippen LogP contribution is -2.34. The van der Waals surface area contributed by atoms with E-state index in [0.717, 1.165) is 18.5 Å². The van der Waals surface area contributed by atoms with Gasteiger partial charge in [-0.1, -0.05) is 0 Å². The minimum atomic E-state index is -3.02. The van der Waals surface area contributed by atoms with E-state index in [4.69, 9.17) is 0 Å². The number of benzene rings is 1. The van der Waals surface area contributed by atoms with Crippen molar-refractivity contribution in [1.29, 1.82) is 0 Å². The highest BCUT2D eigenvalue weighted by molar-refractivity contribution is 7.91. The Morgan fingerprint density at radius 1 is 1.20 bits per heavy atom. The fraction of sp³-hybridized carbons (Fsp3) is 0.500. The molecule has 1 amide bonds. The Morgan fingerprint density at radius 2 is 1.85 bits per heavy atom. The molecule has 0 aliphatic heterocycles. The summed E-state index contributed by atoms with van der Waals surface area (Å²) in [5.41, 5.74) is 1.43. The number of amides is 1. The number of hydrogen-bond donors (Lipinski definition) is 2. The highest BCUT2D eigenvalue weighted by Gasteiger charge is 2.34. The van der Waals surface area contributed by atoms with Crippen LogP contribution in [0.1, 0.15) is 29.6 Å². The van der Waals surface area contributed by atoms with Crippen LogP contribution in [0.15, 0.2) is 24.3 Å². The summed E-state index contributed by atoms with van der Waals surface area (Å²) in [5.74, 6) is -0.133. The monoisotopic (exact) mass is 296 g/mol. The molecule has 2 unspecified atom stereocenters. The Balaban J connectivity index is 2.08. The summed E-state index contributed by atoms with van der Waals surface area (Å²) in [6, 6.07) is 7.03. The number of carbonyl (C=O) groups is 1. The molecule has 2 N–H and O–H groups in total. The average Bonchev–Trinajstić information content (AvgIpc) is 2.87. The number of carbonyl (C=O) groups excluding carboxylic acids is 1. The SMILES string of the molecule is CNC(=O)c1ccc(NC2CCCC2S(C)(=O)=O)cc1. The van der Waals surface area contributed by atoms with Gasteiger partial charge in [0.2, 0.25) is 0 Å². The number of hydrogen-bond acceptors (Lipinski definition) is 4. The third kappa shape index (κ3) is 3.30. The first kappa shape index (κ1) is 14.8. The second kappa shape index (κ2) is 5.83. The molecule has 0 aromatic heterocycles. The van der Waals surface area contributed by atoms with Gasteiger partial charge < -0.3 is 10.6 Å². The number of sulfone groups is 1. The summed E-state index contributed by atoms with van der Waals surface area (Å²) < 4.78 is 23.4. The molecule has 0 radical (unpaired) electrons. The normalized spacial score (nSPS) is 22.5. The maximum absolute atomic E-state index is 11.7. The Bertz CT molecular complexity index is 581. The van der Waals surface area contributed by atoms with Gasteiger partial charge in [-0.3, -0.25) is 4.79 Å². The van der Waals surface area contributed by atoms with Crippen LogP contribution in [-0.2, 0) is 9.84 Å². The van der Waals surface area contributed by atoms with Gasteiger partial charge in [-0.15, -0.1) is 0 Å². The fourth-order valence-electron chi connectivity index (χ4n) is 2.68. The zero-order valence-electron chi connectivity index (χ0n) is 11.7. The maximum atomic E-state index is 11.7. The molecule has 1 saturated carbocycles. The highest BCUT2D eigenvalue weighted by atomic mass is 32.2. The van der Waals surface area contributed by atoms with Gasteiger partial charge in [0.05, 0.1) is 5.25 Å². The van der Waals surface area contributed by atoms with Crippen LogP contribution in [-0.4, -0.2) is 38.9 Å². The van der Waals surface area contributed by atoms with Crippen LogP contribution in [0.5, 0.6) is 0 Å². The predicted octanol–water partition coefficient (Wildman–Crippen LogP) is 1.42. The van der Waals surface area contributed by atoms with E-state index in [2.05, 4.69) is 10.6 Å². The molecule has 2 rings (SSSR count). The van der Waals surface area contributed by atoms with E-state index in [1.807, 2.05) is 12.1 Å². The smallest absolute Gasteiger partial charge is 0.251 e. The molecular weight excluding hydrogens is 276 g/mol. The number of rotatable bonds is 4. The van der Waals surface area contributed by atoms with Gasteiger partial charge in [-0.25, -0.2) is 8.42 Å². The Hall–Kier alpha value is -1.56. The molecule has 20 heavy (non-hydrogen) atoms. The minimum absolute atomic E-state index is 0.0455. The van der Waals surface area contributed by atoms with Crippen molar-refractivity contribution in [2.24, 2.45) is 0 Å². The Kier molecular flexibility index (Phi) is 4.32. The minimum Gasteiger partial charge on any atom is -0.381 e. The average molecular weight is 296 g/mol. The molecular formula is C14H20N2O3S. The lowest BCUT2D eigenvalue weighted by atomic mass is 10.1. The molecule has 6 heteroatoms. The standard InChI is InChI=1S/C14H20N2O3S/c1-15-14(17)10-6-8-11(9-7-10)16-12-4-3-5-13(12)20(2,18)19/h6-9,12-13,16H,3-5H2,1-2H3,(H,15,17). The molecule has 2 atom stereocenters. The van der Waals surface area contributed by atoms with Crippen molar-refractivity contribution in [2.75, 3.05) is 18.6 Å². The zero-order chi connectivity index (χ0) is 14.8. The van der Waals surface area contributed by atoms with E-state index in [9.17, 15) is 13.2 Å². The van der Waals surface area contributed by atoms with E-state index in [1.54, 1.807) is 19.2 Å². The molecule has 1 aliphatic carbocycles. The molecule has 0 bridgehead atoms. The first-order valence-electron chi connectivity index (χ1n) is 6.69. The topological polar surface area (TPSA) is 75.3 Å². The van der Waals surface area contributed by atoms with Crippen LogP contribution in [0.25, 0.3) is 0 Å². The van der Waals surface area contributed by atoms with Crippen LogP contribution in [0, 0.1) is 0 Å². The lowest BCUT2D eigenvalue weighted by molar-refractivity contribution is 0.0963. The van der Waals surface area contributed by atoms with Gasteiger partial charge in [0.25, 0.3) is 5.91 Å². The molecule has 0 heterocycles. The molecule has 0 spiro atoms. The quantitative estimate of drug-likeness (QED) is 0.881. The lowest BCUT2D eigenvalue weighted by Gasteiger charge is -2.20. The van der Waals surface area contributed by atoms with Crippen LogP contribution in [0.2, 0.25) is 0 Å². The third-order valence-corrected chi connectivity index (χ3v) is 5.39. The largest absolute Gasteiger partial charge is 0.381 e. The van der Waals surface area contributed by atoms with E-state index in [-0.39, 0.29) is 17.2 Å². The Morgan fingerprint density at radius 3 is 2.40 bits per heavy atom. The molecule has 0 saturated heterocycles. The van der Waals surface area contributed by atoms with Crippen LogP contribution < -0.4 is 10.6 Å². The summed E-state index contributed by atoms with van der Waals surface area (Å²) in [5, 5.41) is 5.51. The van der Waals surface area contributed by atoms with E-state index < -0.39 is 9.84 Å². The molecule has 1 aromatic rings. The summed E-state index contributed by atoms with van der Waals surface area (Å²) in [6.45, 7) is 0. The molecule has 1 aromatic carbocycles. The first-order valence-corrected chi connectivity index (χ1v) is 8.65. The van der Waals surface area contributed by atoms with E-state index in [0.29, 0.717) is 12.0 Å². The fourth-order valence-corrected chi connectivity index (χ4v) is 4.08. The molecule has 5 nitrogen and oxygen atoms in total. The van der Waals surface area contributed by atoms with Gasteiger partial charge >= 0.3 is 0 Å². The van der Waals surface area contributed by atoms with Gasteiger partial charge in [0.1, 0.15) is 0 Å². The number of nitrogens with one attached hydrogen (secondary N) is 2. The third-order valence-electron chi connectivity index (χ3n) is 3.73. The zero-order valence-corrected chi connectivity index (χ0v) is 12.5. The van der Waals surface area contributed by atoms with Gasteiger partial charge in [0, 0.05) is 30.6 Å². The van der Waals surface area contributed by atoms with E-state index >= 15 is 0 Å². The van der Waals surface area contributed by atoms with Crippen molar-refractivity contribution < 1.29 is 13.2 Å². The van der Waals surface area contributed by atoms with E-state index in [1.165, 1.54) is 6.26 Å². The summed E-state index contributed by atoms with van der Waals surface area (Å²) in [7, 11) is -1.44. The summed E-state index contributed by atoms with van der Waals surface area (Å²) in [4.78, 5) is 11.4. The Labute approximate surface area is 119 Å². The molecule has 1 aliphatic rings.